The number of para-hydroxylation sites is 1. The molecule has 9 nitrogen and oxygen atoms in total. The Labute approximate surface area is 167 Å². The first kappa shape index (κ1) is 20.3. The van der Waals surface area contributed by atoms with E-state index in [1.54, 1.807) is 38.2 Å². The van der Waals surface area contributed by atoms with Gasteiger partial charge >= 0.3 is 11.5 Å². The molecule has 0 radical (unpaired) electrons. The van der Waals surface area contributed by atoms with E-state index >= 15 is 0 Å². The highest BCUT2D eigenvalue weighted by Gasteiger charge is 2.24. The van der Waals surface area contributed by atoms with E-state index in [-0.39, 0.29) is 23.0 Å². The number of esters is 1. The van der Waals surface area contributed by atoms with Crippen LogP contribution >= 0.6 is 0 Å². The third kappa shape index (κ3) is 3.92. The number of carbonyl (C=O) groups is 1. The topological polar surface area (TPSA) is 104 Å². The van der Waals surface area contributed by atoms with E-state index in [4.69, 9.17) is 4.74 Å². The van der Waals surface area contributed by atoms with Gasteiger partial charge in [-0.2, -0.15) is 4.68 Å². The van der Waals surface area contributed by atoms with Crippen molar-refractivity contribution in [1.82, 2.24) is 14.3 Å². The molecule has 0 aliphatic rings. The minimum Gasteiger partial charge on any atom is -0.419 e. The number of hydrogen-bond acceptors (Lipinski definition) is 6. The molecule has 2 heterocycles. The molecule has 0 saturated carbocycles. The second-order valence-electron chi connectivity index (χ2n) is 6.14. The maximum atomic E-state index is 13.0. The number of benzene rings is 1. The van der Waals surface area contributed by atoms with Crippen LogP contribution in [-0.2, 0) is 21.9 Å². The lowest BCUT2D eigenvalue weighted by Crippen LogP contribution is -2.31. The minimum absolute atomic E-state index is 0.00517. The quantitative estimate of drug-likeness (QED) is 0.567. The fraction of sp³-hybridized carbons (Fsp3) is 0.211. The molecule has 29 heavy (non-hydrogen) atoms. The first-order chi connectivity index (χ1) is 13.8. The second kappa shape index (κ2) is 7.92. The van der Waals surface area contributed by atoms with Crippen molar-refractivity contribution < 1.29 is 17.9 Å². The van der Waals surface area contributed by atoms with Crippen molar-refractivity contribution in [3.8, 4) is 11.6 Å². The predicted molar refractivity (Wildman–Crippen MR) is 107 cm³/mol. The molecule has 0 fully saturated rings. The normalized spacial score (nSPS) is 11.3. The molecule has 0 aliphatic carbocycles. The molecule has 2 aromatic heterocycles. The highest BCUT2D eigenvalue weighted by Crippen LogP contribution is 2.23. The molecule has 3 aromatic rings. The van der Waals surface area contributed by atoms with Crippen LogP contribution in [0.15, 0.2) is 64.5 Å². The fourth-order valence-electron chi connectivity index (χ4n) is 2.88. The lowest BCUT2D eigenvalue weighted by atomic mass is 10.3. The van der Waals surface area contributed by atoms with Gasteiger partial charge in [0.25, 0.3) is 10.0 Å². The number of ether oxygens (including phenoxy) is 1. The van der Waals surface area contributed by atoms with Crippen LogP contribution in [0.1, 0.15) is 13.8 Å². The molecule has 0 atom stereocenters. The highest BCUT2D eigenvalue weighted by atomic mass is 32.2. The number of aromatic nitrogens is 3. The minimum atomic E-state index is -3.83. The smallest absolute Gasteiger partial charge is 0.315 e. The molecule has 3 rings (SSSR count). The molecular formula is C19H20N4O5S. The van der Waals surface area contributed by atoms with E-state index in [0.717, 1.165) is 0 Å². The number of hydrogen-bond donors (Lipinski definition) is 0. The van der Waals surface area contributed by atoms with Gasteiger partial charge in [-0.05, 0) is 31.2 Å². The van der Waals surface area contributed by atoms with Crippen molar-refractivity contribution in [3.05, 3.63) is 65.2 Å². The van der Waals surface area contributed by atoms with E-state index in [9.17, 15) is 18.0 Å². The Morgan fingerprint density at radius 3 is 2.41 bits per heavy atom. The molecule has 0 bridgehead atoms. The summed E-state index contributed by atoms with van der Waals surface area (Å²) in [7, 11) is -2.25. The van der Waals surface area contributed by atoms with Gasteiger partial charge in [0.2, 0.25) is 5.75 Å². The molecular weight excluding hydrogens is 396 g/mol. The number of carbonyl (C=O) groups excluding carboxylic acids is 1. The number of nitrogens with zero attached hydrogens (tertiary/aromatic N) is 4. The standard InChI is InChI=1S/C19H20N4O5S/c1-4-22(15-8-6-5-7-9-15)29(26,27)16-10-11-18(20-12-16)23-19(25)17(13-21(23)3)28-14(2)24/h5-13H,4H2,1-3H3. The van der Waals surface area contributed by atoms with Gasteiger partial charge in [-0.25, -0.2) is 13.4 Å². The van der Waals surface area contributed by atoms with E-state index in [0.29, 0.717) is 5.69 Å². The van der Waals surface area contributed by atoms with Crippen LogP contribution in [0, 0.1) is 0 Å². The molecule has 0 unspecified atom stereocenters. The summed E-state index contributed by atoms with van der Waals surface area (Å²) in [5.74, 6) is -0.563. The first-order valence-electron chi connectivity index (χ1n) is 8.77. The zero-order valence-electron chi connectivity index (χ0n) is 16.1. The largest absolute Gasteiger partial charge is 0.419 e. The zero-order valence-corrected chi connectivity index (χ0v) is 17.0. The van der Waals surface area contributed by atoms with Gasteiger partial charge in [0, 0.05) is 26.7 Å². The Balaban J connectivity index is 1.98. The van der Waals surface area contributed by atoms with Crippen LogP contribution in [0.2, 0.25) is 0 Å². The molecule has 0 N–H and O–H groups in total. The van der Waals surface area contributed by atoms with E-state index in [1.807, 2.05) is 6.07 Å². The summed E-state index contributed by atoms with van der Waals surface area (Å²) in [6.07, 6.45) is 2.55. The van der Waals surface area contributed by atoms with Gasteiger partial charge in [-0.3, -0.25) is 18.6 Å². The third-order valence-electron chi connectivity index (χ3n) is 4.13. The molecule has 0 spiro atoms. The Bertz CT molecular complexity index is 1180. The monoisotopic (exact) mass is 416 g/mol. The predicted octanol–water partition coefficient (Wildman–Crippen LogP) is 1.71. The van der Waals surface area contributed by atoms with Crippen LogP contribution in [0.4, 0.5) is 5.69 Å². The van der Waals surface area contributed by atoms with Crippen molar-refractivity contribution in [3.63, 3.8) is 0 Å². The van der Waals surface area contributed by atoms with Crippen molar-refractivity contribution >= 4 is 21.7 Å². The van der Waals surface area contributed by atoms with Gasteiger partial charge in [0.1, 0.15) is 4.90 Å². The zero-order chi connectivity index (χ0) is 21.2. The van der Waals surface area contributed by atoms with Gasteiger partial charge in [0.05, 0.1) is 11.9 Å². The summed E-state index contributed by atoms with van der Waals surface area (Å²) < 4.78 is 34.8. The number of anilines is 1. The molecule has 0 amide bonds. The Hall–Kier alpha value is -3.40. The second-order valence-corrected chi connectivity index (χ2v) is 8.00. The van der Waals surface area contributed by atoms with E-state index in [1.165, 1.54) is 45.1 Å². The molecule has 1 aromatic carbocycles. The van der Waals surface area contributed by atoms with Crippen LogP contribution in [0.5, 0.6) is 5.75 Å². The van der Waals surface area contributed by atoms with Crippen LogP contribution in [-0.4, -0.2) is 35.3 Å². The average Bonchev–Trinajstić information content (AvgIpc) is 2.95. The number of rotatable bonds is 6. The summed E-state index contributed by atoms with van der Waals surface area (Å²) in [5, 5.41) is 0. The van der Waals surface area contributed by atoms with Gasteiger partial charge in [-0.1, -0.05) is 18.2 Å². The molecule has 10 heteroatoms. The van der Waals surface area contributed by atoms with Crippen LogP contribution in [0.3, 0.4) is 0 Å². The van der Waals surface area contributed by atoms with Crippen LogP contribution < -0.4 is 14.6 Å². The maximum absolute atomic E-state index is 13.0. The summed E-state index contributed by atoms with van der Waals surface area (Å²) >= 11 is 0. The highest BCUT2D eigenvalue weighted by molar-refractivity contribution is 7.92. The average molecular weight is 416 g/mol. The lowest BCUT2D eigenvalue weighted by molar-refractivity contribution is -0.131. The summed E-state index contributed by atoms with van der Waals surface area (Å²) in [4.78, 5) is 27.7. The van der Waals surface area contributed by atoms with Crippen LogP contribution in [0.25, 0.3) is 5.82 Å². The summed E-state index contributed by atoms with van der Waals surface area (Å²) in [6, 6.07) is 11.6. The Kier molecular flexibility index (Phi) is 5.55. The Morgan fingerprint density at radius 1 is 1.17 bits per heavy atom. The molecule has 152 valence electrons. The van der Waals surface area contributed by atoms with Crippen molar-refractivity contribution in [2.75, 3.05) is 10.8 Å². The van der Waals surface area contributed by atoms with Gasteiger partial charge in [-0.15, -0.1) is 0 Å². The first-order valence-corrected chi connectivity index (χ1v) is 10.2. The van der Waals surface area contributed by atoms with Crippen molar-refractivity contribution in [1.29, 1.82) is 0 Å². The summed E-state index contributed by atoms with van der Waals surface area (Å²) in [6.45, 7) is 3.18. The lowest BCUT2D eigenvalue weighted by Gasteiger charge is -2.22. The maximum Gasteiger partial charge on any atom is 0.315 e. The number of sulfonamides is 1. The Morgan fingerprint density at radius 2 is 1.86 bits per heavy atom. The van der Waals surface area contributed by atoms with Gasteiger partial charge < -0.3 is 4.74 Å². The van der Waals surface area contributed by atoms with Gasteiger partial charge in [0.15, 0.2) is 5.82 Å². The number of pyridine rings is 1. The molecule has 0 aliphatic heterocycles. The van der Waals surface area contributed by atoms with E-state index < -0.39 is 21.6 Å². The van der Waals surface area contributed by atoms with E-state index in [2.05, 4.69) is 4.98 Å². The fourth-order valence-corrected chi connectivity index (χ4v) is 4.30. The van der Waals surface area contributed by atoms with Crippen molar-refractivity contribution in [2.24, 2.45) is 7.05 Å². The summed E-state index contributed by atoms with van der Waals surface area (Å²) in [5.41, 5.74) is -0.0333. The number of aryl methyl sites for hydroxylation is 1. The van der Waals surface area contributed by atoms with Crippen molar-refractivity contribution in [2.45, 2.75) is 18.7 Å². The SMILES string of the molecule is CCN(c1ccccc1)S(=O)(=O)c1ccc(-n2c(=O)c(OC(C)=O)cn2C)nc1. The third-order valence-corrected chi connectivity index (χ3v) is 6.02. The molecule has 0 saturated heterocycles.